The summed E-state index contributed by atoms with van der Waals surface area (Å²) in [5.74, 6) is -0.508. The van der Waals surface area contributed by atoms with Crippen LogP contribution in [0.1, 0.15) is 70.4 Å². The number of ether oxygens (including phenoxy) is 1. The van der Waals surface area contributed by atoms with E-state index in [-0.39, 0.29) is 29.8 Å². The minimum Gasteiger partial charge on any atom is -0.493 e. The largest absolute Gasteiger partial charge is 0.493 e. The molecule has 0 aliphatic carbocycles. The molecule has 0 bridgehead atoms. The van der Waals surface area contributed by atoms with E-state index in [1.54, 1.807) is 0 Å². The smallest absolute Gasteiger partial charge is 0.308 e. The molecule has 1 fully saturated rings. The minimum atomic E-state index is -0.779. The van der Waals surface area contributed by atoms with Gasteiger partial charge in [0.25, 0.3) is 0 Å². The van der Waals surface area contributed by atoms with Crippen LogP contribution in [-0.4, -0.2) is 97.8 Å². The van der Waals surface area contributed by atoms with E-state index in [4.69, 9.17) is 4.74 Å². The first-order valence-electron chi connectivity index (χ1n) is 14.8. The Kier molecular flexibility index (Phi) is 10.6. The number of nitrogens with zero attached hydrogens (tertiary/aromatic N) is 3. The molecule has 0 aromatic heterocycles. The summed E-state index contributed by atoms with van der Waals surface area (Å²) in [7, 11) is 6.53. The molecular formula is C32H52N3O4+. The van der Waals surface area contributed by atoms with Gasteiger partial charge in [-0.05, 0) is 42.4 Å². The molecule has 7 heteroatoms. The van der Waals surface area contributed by atoms with Gasteiger partial charge in [-0.2, -0.15) is 0 Å². The molecule has 2 aliphatic heterocycles. The van der Waals surface area contributed by atoms with E-state index in [1.807, 2.05) is 30.0 Å². The van der Waals surface area contributed by atoms with Crippen molar-refractivity contribution in [2.45, 2.75) is 71.8 Å². The second-order valence-corrected chi connectivity index (χ2v) is 13.2. The number of allylic oxidation sites excluding steroid dienone is 2. The fourth-order valence-corrected chi connectivity index (χ4v) is 6.30. The van der Waals surface area contributed by atoms with Crippen molar-refractivity contribution in [1.82, 2.24) is 9.80 Å². The highest BCUT2D eigenvalue weighted by Crippen LogP contribution is 2.43. The van der Waals surface area contributed by atoms with E-state index >= 15 is 0 Å². The third kappa shape index (κ3) is 8.55. The Morgan fingerprint density at radius 2 is 1.92 bits per heavy atom. The van der Waals surface area contributed by atoms with Gasteiger partial charge in [0.2, 0.25) is 5.91 Å². The van der Waals surface area contributed by atoms with Crippen molar-refractivity contribution in [2.24, 2.45) is 11.3 Å². The number of aliphatic carboxylic acids is 1. The molecule has 1 amide bonds. The van der Waals surface area contributed by atoms with Crippen molar-refractivity contribution < 1.29 is 23.9 Å². The van der Waals surface area contributed by atoms with E-state index in [0.717, 1.165) is 66.7 Å². The number of carboxylic acids is 1. The van der Waals surface area contributed by atoms with Crippen molar-refractivity contribution in [3.63, 3.8) is 0 Å². The predicted molar refractivity (Wildman–Crippen MR) is 157 cm³/mol. The number of carbonyl (C=O) groups is 2. The minimum absolute atomic E-state index is 0.117. The number of hydrogen-bond donors (Lipinski definition) is 1. The third-order valence-corrected chi connectivity index (χ3v) is 8.26. The number of carboxylic acid groups (broad SMARTS) is 1. The molecule has 0 unspecified atom stereocenters. The Morgan fingerprint density at radius 3 is 2.56 bits per heavy atom. The fourth-order valence-electron chi connectivity index (χ4n) is 6.30. The molecule has 1 aromatic carbocycles. The van der Waals surface area contributed by atoms with Crippen molar-refractivity contribution in [2.75, 3.05) is 60.5 Å². The molecule has 2 heterocycles. The van der Waals surface area contributed by atoms with Crippen LogP contribution in [0.5, 0.6) is 5.75 Å². The molecule has 0 spiro atoms. The third-order valence-electron chi connectivity index (χ3n) is 8.26. The number of unbranched alkanes of at least 4 members (excludes halogenated alkanes) is 1. The zero-order valence-electron chi connectivity index (χ0n) is 25.4. The maximum atomic E-state index is 13.8. The summed E-state index contributed by atoms with van der Waals surface area (Å²) in [6.45, 7) is 12.5. The summed E-state index contributed by atoms with van der Waals surface area (Å²) in [6, 6.07) is 5.93. The second kappa shape index (κ2) is 13.3. The molecular weight excluding hydrogens is 490 g/mol. The maximum Gasteiger partial charge on any atom is 0.308 e. The molecule has 39 heavy (non-hydrogen) atoms. The first-order valence-corrected chi connectivity index (χ1v) is 14.8. The van der Waals surface area contributed by atoms with Gasteiger partial charge in [0.1, 0.15) is 5.75 Å². The van der Waals surface area contributed by atoms with Crippen LogP contribution in [0.15, 0.2) is 30.4 Å². The molecule has 3 atom stereocenters. The van der Waals surface area contributed by atoms with E-state index in [1.165, 1.54) is 0 Å². The van der Waals surface area contributed by atoms with Crippen LogP contribution in [0.2, 0.25) is 0 Å². The normalized spacial score (nSPS) is 21.8. The molecule has 0 radical (unpaired) electrons. The standard InChI is InChI=1S/C32H51N3O4/c1-8-10-16-33(17-11-18-35(5,6)7)29(36)23-34-22-26(24-12-13-28-25(20-24)14-19-39-28)30(31(37)38)27(34)21-32(3,4)15-9-2/h9,12-13,15,20,26-27,30H,8,10-11,14,16-19,21-23H2,1-7H3/p+1/t26-,27+,30-/m1/s1. The van der Waals surface area contributed by atoms with Gasteiger partial charge >= 0.3 is 5.97 Å². The Hall–Kier alpha value is -2.38. The highest BCUT2D eigenvalue weighted by molar-refractivity contribution is 5.79. The lowest BCUT2D eigenvalue weighted by Gasteiger charge is -2.34. The highest BCUT2D eigenvalue weighted by Gasteiger charge is 2.48. The van der Waals surface area contributed by atoms with Gasteiger partial charge in [0, 0.05) is 44.4 Å². The van der Waals surface area contributed by atoms with E-state index < -0.39 is 11.9 Å². The molecule has 218 valence electrons. The van der Waals surface area contributed by atoms with E-state index in [2.05, 4.69) is 59.0 Å². The van der Waals surface area contributed by atoms with Crippen LogP contribution in [0.4, 0.5) is 0 Å². The van der Waals surface area contributed by atoms with Crippen molar-refractivity contribution in [3.05, 3.63) is 41.5 Å². The Balaban J connectivity index is 1.88. The van der Waals surface area contributed by atoms with Gasteiger partial charge in [-0.3, -0.25) is 14.5 Å². The highest BCUT2D eigenvalue weighted by atomic mass is 16.5. The predicted octanol–water partition coefficient (Wildman–Crippen LogP) is 4.81. The number of hydrogen-bond acceptors (Lipinski definition) is 4. The van der Waals surface area contributed by atoms with E-state index in [0.29, 0.717) is 19.6 Å². The van der Waals surface area contributed by atoms with Crippen molar-refractivity contribution >= 4 is 11.9 Å². The molecule has 0 saturated carbocycles. The first-order chi connectivity index (χ1) is 18.3. The van der Waals surface area contributed by atoms with Gasteiger partial charge in [-0.1, -0.05) is 51.5 Å². The average Bonchev–Trinajstić information content (AvgIpc) is 3.44. The molecule has 2 aliphatic rings. The van der Waals surface area contributed by atoms with Crippen LogP contribution >= 0.6 is 0 Å². The number of rotatable bonds is 14. The van der Waals surface area contributed by atoms with E-state index in [9.17, 15) is 14.7 Å². The SMILES string of the molecule is CC=CC(C)(C)C[C@H]1[C@H](C(=O)O)[C@@H](c2ccc3c(c2)CCO3)CN1CC(=O)N(CCCC)CCC[N+](C)(C)C. The lowest BCUT2D eigenvalue weighted by molar-refractivity contribution is -0.870. The number of fused-ring (bicyclic) bond motifs is 1. The molecule has 3 rings (SSSR count). The zero-order valence-corrected chi connectivity index (χ0v) is 25.4. The quantitative estimate of drug-likeness (QED) is 0.270. The number of amides is 1. The van der Waals surface area contributed by atoms with Crippen LogP contribution in [-0.2, 0) is 16.0 Å². The first kappa shape index (κ1) is 31.2. The summed E-state index contributed by atoms with van der Waals surface area (Å²) in [6.07, 6.45) is 8.70. The molecule has 1 N–H and O–H groups in total. The average molecular weight is 543 g/mol. The number of benzene rings is 1. The Morgan fingerprint density at radius 1 is 1.21 bits per heavy atom. The van der Waals surface area contributed by atoms with Crippen LogP contribution < -0.4 is 4.74 Å². The molecule has 1 aromatic rings. The van der Waals surface area contributed by atoms with Crippen LogP contribution in [0, 0.1) is 11.3 Å². The number of likely N-dealkylation sites (tertiary alicyclic amines) is 1. The Labute approximate surface area is 236 Å². The maximum absolute atomic E-state index is 13.8. The lowest BCUT2D eigenvalue weighted by Crippen LogP contribution is -2.46. The number of quaternary nitrogens is 1. The van der Waals surface area contributed by atoms with Gasteiger partial charge in [0.15, 0.2) is 0 Å². The van der Waals surface area contributed by atoms with Gasteiger partial charge in [-0.15, -0.1) is 0 Å². The van der Waals surface area contributed by atoms with Crippen LogP contribution in [0.25, 0.3) is 0 Å². The summed E-state index contributed by atoms with van der Waals surface area (Å²) in [5, 5.41) is 10.5. The fraction of sp³-hybridized carbons (Fsp3) is 0.688. The zero-order chi connectivity index (χ0) is 28.8. The monoisotopic (exact) mass is 542 g/mol. The van der Waals surface area contributed by atoms with Crippen LogP contribution in [0.3, 0.4) is 0 Å². The number of carbonyl (C=O) groups excluding carboxylic acids is 1. The topological polar surface area (TPSA) is 70.1 Å². The summed E-state index contributed by atoms with van der Waals surface area (Å²) >= 11 is 0. The van der Waals surface area contributed by atoms with Gasteiger partial charge in [0.05, 0.1) is 46.8 Å². The summed E-state index contributed by atoms with van der Waals surface area (Å²) in [4.78, 5) is 30.8. The van der Waals surface area contributed by atoms with Gasteiger partial charge < -0.3 is 19.2 Å². The van der Waals surface area contributed by atoms with Crippen molar-refractivity contribution in [1.29, 1.82) is 0 Å². The van der Waals surface area contributed by atoms with Crippen molar-refractivity contribution in [3.8, 4) is 5.75 Å². The summed E-state index contributed by atoms with van der Waals surface area (Å²) in [5.41, 5.74) is 2.02. The molecule has 1 saturated heterocycles. The van der Waals surface area contributed by atoms with Gasteiger partial charge in [-0.25, -0.2) is 0 Å². The second-order valence-electron chi connectivity index (χ2n) is 13.2. The summed E-state index contributed by atoms with van der Waals surface area (Å²) < 4.78 is 6.58. The molecule has 7 nitrogen and oxygen atoms in total. The lowest BCUT2D eigenvalue weighted by atomic mass is 9.77. The Bertz CT molecular complexity index is 1010.